The van der Waals surface area contributed by atoms with Gasteiger partial charge in [0.25, 0.3) is 0 Å². The third-order valence-electron chi connectivity index (χ3n) is 9.63. The molecular formula is C46H29N3S. The molecule has 0 fully saturated rings. The fourth-order valence-corrected chi connectivity index (χ4v) is 8.50. The topological polar surface area (TPSA) is 30.7 Å². The summed E-state index contributed by atoms with van der Waals surface area (Å²) in [6.07, 6.45) is 0. The predicted octanol–water partition coefficient (Wildman–Crippen LogP) is 12.6. The van der Waals surface area contributed by atoms with Gasteiger partial charge in [0.15, 0.2) is 5.82 Å². The SMILES string of the molecule is c1ccc(-c2cc(-c3ccc(-n4c5ccccc5c5ccccc54)cc3)nc(-c3cccc(-c4cccc5c4sc4ccccc45)c3)n2)cc1. The van der Waals surface area contributed by atoms with Gasteiger partial charge in [-0.05, 0) is 53.6 Å². The standard InChI is InChI=1S/C46H29N3S/c1-2-12-30(13-3-1)40-29-41(31-24-26-34(27-25-31)49-42-21-7-4-16-36(42)37-17-5-8-22-43(37)49)48-46(47-40)33-15-10-14-32(28-33)35-19-11-20-39-38-18-6-9-23-44(38)50-45(35)39/h1-29H. The second kappa shape index (κ2) is 11.7. The van der Waals surface area contributed by atoms with E-state index in [2.05, 4.69) is 174 Å². The lowest BCUT2D eigenvalue weighted by Crippen LogP contribution is -1.97. The van der Waals surface area contributed by atoms with E-state index in [-0.39, 0.29) is 0 Å². The summed E-state index contributed by atoms with van der Waals surface area (Å²) in [6, 6.07) is 62.4. The van der Waals surface area contributed by atoms with Crippen LogP contribution in [0.25, 0.3) is 92.7 Å². The molecule has 0 aliphatic rings. The lowest BCUT2D eigenvalue weighted by Gasteiger charge is -2.12. The number of para-hydroxylation sites is 2. The van der Waals surface area contributed by atoms with Crippen molar-refractivity contribution in [1.82, 2.24) is 14.5 Å². The number of rotatable bonds is 5. The molecule has 0 atom stereocenters. The number of thiophene rings is 1. The Labute approximate surface area is 293 Å². The minimum atomic E-state index is 0.707. The number of nitrogens with zero attached hydrogens (tertiary/aromatic N) is 3. The summed E-state index contributed by atoms with van der Waals surface area (Å²) in [4.78, 5) is 10.4. The molecule has 3 nitrogen and oxygen atoms in total. The third kappa shape index (κ3) is 4.73. The van der Waals surface area contributed by atoms with E-state index in [0.717, 1.165) is 39.3 Å². The molecule has 3 aromatic heterocycles. The maximum atomic E-state index is 5.21. The number of hydrogen-bond acceptors (Lipinski definition) is 3. The number of aromatic nitrogens is 3. The normalized spacial score (nSPS) is 11.6. The molecular weight excluding hydrogens is 627 g/mol. The van der Waals surface area contributed by atoms with Gasteiger partial charge in [0, 0.05) is 53.3 Å². The molecule has 4 heteroatoms. The molecule has 0 saturated carbocycles. The van der Waals surface area contributed by atoms with E-state index in [4.69, 9.17) is 9.97 Å². The van der Waals surface area contributed by atoms with Crippen LogP contribution in [0.1, 0.15) is 0 Å². The van der Waals surface area contributed by atoms with Gasteiger partial charge in [-0.2, -0.15) is 0 Å². The molecule has 0 aliphatic heterocycles. The fourth-order valence-electron chi connectivity index (χ4n) is 7.26. The summed E-state index contributed by atoms with van der Waals surface area (Å²) < 4.78 is 4.95. The van der Waals surface area contributed by atoms with Crippen LogP contribution in [-0.4, -0.2) is 14.5 Å². The maximum absolute atomic E-state index is 5.21. The van der Waals surface area contributed by atoms with Crippen LogP contribution in [0.15, 0.2) is 176 Å². The van der Waals surface area contributed by atoms with Gasteiger partial charge < -0.3 is 4.57 Å². The quantitative estimate of drug-likeness (QED) is 0.185. The Bertz CT molecular complexity index is 2810. The Balaban J connectivity index is 1.10. The molecule has 0 saturated heterocycles. The maximum Gasteiger partial charge on any atom is 0.160 e. The molecule has 0 spiro atoms. The monoisotopic (exact) mass is 655 g/mol. The lowest BCUT2D eigenvalue weighted by molar-refractivity contribution is 1.17. The second-order valence-corrected chi connectivity index (χ2v) is 13.7. The Hall–Kier alpha value is -6.36. The largest absolute Gasteiger partial charge is 0.309 e. The summed E-state index contributed by atoms with van der Waals surface area (Å²) in [7, 11) is 0. The molecule has 234 valence electrons. The molecule has 0 radical (unpaired) electrons. The van der Waals surface area contributed by atoms with Crippen molar-refractivity contribution in [2.24, 2.45) is 0 Å². The van der Waals surface area contributed by atoms with Crippen LogP contribution in [0, 0.1) is 0 Å². The van der Waals surface area contributed by atoms with Crippen LogP contribution in [-0.2, 0) is 0 Å². The zero-order valence-electron chi connectivity index (χ0n) is 27.0. The minimum Gasteiger partial charge on any atom is -0.309 e. The van der Waals surface area contributed by atoms with Crippen molar-refractivity contribution in [2.45, 2.75) is 0 Å². The third-order valence-corrected chi connectivity index (χ3v) is 10.9. The molecule has 50 heavy (non-hydrogen) atoms. The van der Waals surface area contributed by atoms with E-state index in [1.165, 1.54) is 47.5 Å². The zero-order valence-corrected chi connectivity index (χ0v) is 27.8. The van der Waals surface area contributed by atoms with Gasteiger partial charge in [0.1, 0.15) is 0 Å². The summed E-state index contributed by atoms with van der Waals surface area (Å²) >= 11 is 1.85. The fraction of sp³-hybridized carbons (Fsp3) is 0. The van der Waals surface area contributed by atoms with Crippen LogP contribution in [0.3, 0.4) is 0 Å². The second-order valence-electron chi connectivity index (χ2n) is 12.6. The highest BCUT2D eigenvalue weighted by atomic mass is 32.1. The van der Waals surface area contributed by atoms with Crippen LogP contribution in [0.5, 0.6) is 0 Å². The molecule has 0 N–H and O–H groups in total. The van der Waals surface area contributed by atoms with Gasteiger partial charge in [0.05, 0.1) is 22.4 Å². The van der Waals surface area contributed by atoms with E-state index in [9.17, 15) is 0 Å². The van der Waals surface area contributed by atoms with Crippen molar-refractivity contribution in [3.63, 3.8) is 0 Å². The lowest BCUT2D eigenvalue weighted by atomic mass is 10.00. The van der Waals surface area contributed by atoms with E-state index in [0.29, 0.717) is 5.82 Å². The minimum absolute atomic E-state index is 0.707. The van der Waals surface area contributed by atoms with Crippen LogP contribution >= 0.6 is 11.3 Å². The number of benzene rings is 7. The first-order valence-corrected chi connectivity index (χ1v) is 17.6. The molecule has 10 aromatic rings. The summed E-state index contributed by atoms with van der Waals surface area (Å²) in [5.74, 6) is 0.707. The van der Waals surface area contributed by atoms with E-state index in [1.54, 1.807) is 0 Å². The van der Waals surface area contributed by atoms with Gasteiger partial charge >= 0.3 is 0 Å². The van der Waals surface area contributed by atoms with Crippen LogP contribution in [0.2, 0.25) is 0 Å². The van der Waals surface area contributed by atoms with Gasteiger partial charge in [-0.3, -0.25) is 0 Å². The van der Waals surface area contributed by atoms with Gasteiger partial charge in [0.2, 0.25) is 0 Å². The first-order valence-electron chi connectivity index (χ1n) is 16.8. The van der Waals surface area contributed by atoms with Crippen molar-refractivity contribution in [2.75, 3.05) is 0 Å². The number of fused-ring (bicyclic) bond motifs is 6. The smallest absolute Gasteiger partial charge is 0.160 e. The summed E-state index contributed by atoms with van der Waals surface area (Å²) in [5.41, 5.74) is 10.8. The molecule has 0 amide bonds. The average Bonchev–Trinajstić information content (AvgIpc) is 3.74. The van der Waals surface area contributed by atoms with Crippen molar-refractivity contribution in [3.8, 4) is 50.7 Å². The average molecular weight is 656 g/mol. The molecule has 0 bridgehead atoms. The Morgan fingerprint density at radius 1 is 0.400 bits per heavy atom. The molecule has 3 heterocycles. The number of hydrogen-bond donors (Lipinski definition) is 0. The Kier molecular flexibility index (Phi) is 6.68. The van der Waals surface area contributed by atoms with Crippen LogP contribution in [0.4, 0.5) is 0 Å². The molecule has 10 rings (SSSR count). The van der Waals surface area contributed by atoms with Gasteiger partial charge in [-0.15, -0.1) is 11.3 Å². The van der Waals surface area contributed by atoms with E-state index >= 15 is 0 Å². The van der Waals surface area contributed by atoms with Gasteiger partial charge in [-0.25, -0.2) is 9.97 Å². The first-order chi connectivity index (χ1) is 24.8. The van der Waals surface area contributed by atoms with Crippen molar-refractivity contribution in [3.05, 3.63) is 176 Å². The van der Waals surface area contributed by atoms with Crippen molar-refractivity contribution >= 4 is 53.3 Å². The molecule has 0 aliphatic carbocycles. The molecule has 0 unspecified atom stereocenters. The summed E-state index contributed by atoms with van der Waals surface area (Å²) in [6.45, 7) is 0. The van der Waals surface area contributed by atoms with Gasteiger partial charge in [-0.1, -0.05) is 133 Å². The molecule has 7 aromatic carbocycles. The van der Waals surface area contributed by atoms with Crippen LogP contribution < -0.4 is 0 Å². The van der Waals surface area contributed by atoms with E-state index in [1.807, 2.05) is 17.4 Å². The first kappa shape index (κ1) is 28.6. The zero-order chi connectivity index (χ0) is 33.0. The highest BCUT2D eigenvalue weighted by Gasteiger charge is 2.15. The van der Waals surface area contributed by atoms with Crippen molar-refractivity contribution < 1.29 is 0 Å². The van der Waals surface area contributed by atoms with E-state index < -0.39 is 0 Å². The Morgan fingerprint density at radius 3 is 1.70 bits per heavy atom. The predicted molar refractivity (Wildman–Crippen MR) is 211 cm³/mol. The van der Waals surface area contributed by atoms with Crippen molar-refractivity contribution in [1.29, 1.82) is 0 Å². The highest BCUT2D eigenvalue weighted by molar-refractivity contribution is 7.26. The Morgan fingerprint density at radius 2 is 0.960 bits per heavy atom. The summed E-state index contributed by atoms with van der Waals surface area (Å²) in [5, 5.41) is 5.11. The highest BCUT2D eigenvalue weighted by Crippen LogP contribution is 2.41.